The number of hydrogen-bond acceptors (Lipinski definition) is 1. The number of carbonyl (C=O) groups is 1. The molecule has 0 bridgehead atoms. The zero-order valence-electron chi connectivity index (χ0n) is 10.0. The van der Waals surface area contributed by atoms with Crippen molar-refractivity contribution < 1.29 is 4.79 Å². The van der Waals surface area contributed by atoms with E-state index in [-0.39, 0.29) is 11.8 Å². The number of anilines is 1. The summed E-state index contributed by atoms with van der Waals surface area (Å²) in [6.07, 6.45) is 1.05. The van der Waals surface area contributed by atoms with Crippen molar-refractivity contribution in [2.75, 3.05) is 11.2 Å². The first kappa shape index (κ1) is 13.0. The van der Waals surface area contributed by atoms with Gasteiger partial charge in [0.1, 0.15) is 5.88 Å². The van der Waals surface area contributed by atoms with Gasteiger partial charge in [0.25, 0.3) is 0 Å². The number of nitrogens with one attached hydrogen (secondary N) is 1. The van der Waals surface area contributed by atoms with Crippen molar-refractivity contribution >= 4 is 23.2 Å². The van der Waals surface area contributed by atoms with Crippen LogP contribution in [-0.4, -0.2) is 11.8 Å². The first-order valence-corrected chi connectivity index (χ1v) is 6.08. The Balaban J connectivity index is 3.03. The van der Waals surface area contributed by atoms with Crippen LogP contribution >= 0.6 is 11.6 Å². The molecule has 0 heterocycles. The maximum atomic E-state index is 11.3. The molecule has 0 spiro atoms. The first-order valence-electron chi connectivity index (χ1n) is 5.54. The minimum atomic E-state index is -0.156. The zero-order chi connectivity index (χ0) is 12.1. The molecule has 0 aromatic heterocycles. The van der Waals surface area contributed by atoms with Gasteiger partial charge in [-0.25, -0.2) is 0 Å². The molecule has 1 unspecified atom stereocenters. The van der Waals surface area contributed by atoms with Crippen molar-refractivity contribution in [3.8, 4) is 0 Å². The van der Waals surface area contributed by atoms with Gasteiger partial charge < -0.3 is 5.32 Å². The van der Waals surface area contributed by atoms with E-state index in [1.54, 1.807) is 0 Å². The molecule has 0 aliphatic carbocycles. The lowest BCUT2D eigenvalue weighted by atomic mass is 9.95. The van der Waals surface area contributed by atoms with E-state index in [4.69, 9.17) is 11.6 Å². The molecule has 1 N–H and O–H groups in total. The van der Waals surface area contributed by atoms with Crippen LogP contribution in [0.25, 0.3) is 0 Å². The van der Waals surface area contributed by atoms with Crippen LogP contribution in [0.1, 0.15) is 37.3 Å². The lowest BCUT2D eigenvalue weighted by molar-refractivity contribution is -0.113. The Hall–Kier alpha value is -1.02. The lowest BCUT2D eigenvalue weighted by Crippen LogP contribution is -2.14. The Morgan fingerprint density at radius 2 is 2.19 bits per heavy atom. The van der Waals surface area contributed by atoms with E-state index in [0.29, 0.717) is 5.92 Å². The summed E-state index contributed by atoms with van der Waals surface area (Å²) >= 11 is 5.50. The molecule has 88 valence electrons. The summed E-state index contributed by atoms with van der Waals surface area (Å²) in [7, 11) is 0. The maximum absolute atomic E-state index is 11.3. The number of hydrogen-bond donors (Lipinski definition) is 1. The highest BCUT2D eigenvalue weighted by Crippen LogP contribution is 2.27. The van der Waals surface area contributed by atoms with Gasteiger partial charge in [-0.2, -0.15) is 0 Å². The number of rotatable bonds is 4. The Labute approximate surface area is 102 Å². The molecule has 2 nitrogen and oxygen atoms in total. The third-order valence-corrected chi connectivity index (χ3v) is 2.99. The average molecular weight is 240 g/mol. The van der Waals surface area contributed by atoms with Crippen LogP contribution in [0.2, 0.25) is 0 Å². The minimum Gasteiger partial charge on any atom is -0.325 e. The summed E-state index contributed by atoms with van der Waals surface area (Å²) < 4.78 is 0. The number of amides is 1. The van der Waals surface area contributed by atoms with Gasteiger partial charge in [-0.3, -0.25) is 4.79 Å². The van der Waals surface area contributed by atoms with Crippen LogP contribution in [0.4, 0.5) is 5.69 Å². The van der Waals surface area contributed by atoms with Crippen molar-refractivity contribution in [2.45, 2.75) is 33.1 Å². The predicted molar refractivity (Wildman–Crippen MR) is 69.2 cm³/mol. The molecule has 1 amide bonds. The summed E-state index contributed by atoms with van der Waals surface area (Å²) in [6.45, 7) is 6.30. The molecular weight excluding hydrogens is 222 g/mol. The second kappa shape index (κ2) is 5.90. The van der Waals surface area contributed by atoms with Crippen LogP contribution in [0.5, 0.6) is 0 Å². The van der Waals surface area contributed by atoms with Gasteiger partial charge in [0, 0.05) is 5.69 Å². The Morgan fingerprint density at radius 3 is 2.75 bits per heavy atom. The summed E-state index contributed by atoms with van der Waals surface area (Å²) in [5, 5.41) is 2.85. The first-order chi connectivity index (χ1) is 7.58. The third kappa shape index (κ3) is 3.24. The fourth-order valence-corrected chi connectivity index (χ4v) is 1.68. The normalized spacial score (nSPS) is 12.2. The quantitative estimate of drug-likeness (QED) is 0.798. The Bertz CT molecular complexity index is 376. The third-order valence-electron chi connectivity index (χ3n) is 2.75. The highest BCUT2D eigenvalue weighted by Gasteiger charge is 2.11. The Morgan fingerprint density at radius 1 is 1.50 bits per heavy atom. The van der Waals surface area contributed by atoms with E-state index in [9.17, 15) is 4.79 Å². The van der Waals surface area contributed by atoms with Gasteiger partial charge in [-0.05, 0) is 36.5 Å². The van der Waals surface area contributed by atoms with Crippen LogP contribution in [-0.2, 0) is 4.79 Å². The topological polar surface area (TPSA) is 29.1 Å². The van der Waals surface area contributed by atoms with E-state index in [1.165, 1.54) is 5.56 Å². The van der Waals surface area contributed by atoms with Gasteiger partial charge in [-0.1, -0.05) is 26.0 Å². The molecule has 1 atom stereocenters. The van der Waals surface area contributed by atoms with E-state index in [1.807, 2.05) is 13.0 Å². The van der Waals surface area contributed by atoms with Crippen LogP contribution in [0, 0.1) is 6.92 Å². The maximum Gasteiger partial charge on any atom is 0.239 e. The molecule has 0 saturated heterocycles. The second-order valence-corrected chi connectivity index (χ2v) is 4.35. The van der Waals surface area contributed by atoms with Crippen molar-refractivity contribution in [2.24, 2.45) is 0 Å². The molecular formula is C13H18ClNO. The molecule has 3 heteroatoms. The van der Waals surface area contributed by atoms with E-state index < -0.39 is 0 Å². The number of aryl methyl sites for hydroxylation is 1. The second-order valence-electron chi connectivity index (χ2n) is 4.08. The van der Waals surface area contributed by atoms with Gasteiger partial charge in [0.15, 0.2) is 0 Å². The molecule has 0 fully saturated rings. The number of halogens is 1. The SMILES string of the molecule is CCC(C)c1ccc(C)cc1NC(=O)CCl. The fourth-order valence-electron chi connectivity index (χ4n) is 1.61. The predicted octanol–water partition coefficient (Wildman–Crippen LogP) is 3.69. The average Bonchev–Trinajstić information content (AvgIpc) is 2.28. The molecule has 0 saturated carbocycles. The minimum absolute atomic E-state index is 0.00606. The highest BCUT2D eigenvalue weighted by atomic mass is 35.5. The summed E-state index contributed by atoms with van der Waals surface area (Å²) in [4.78, 5) is 11.3. The molecule has 0 aliphatic rings. The fraction of sp³-hybridized carbons (Fsp3) is 0.462. The number of benzene rings is 1. The zero-order valence-corrected chi connectivity index (χ0v) is 10.8. The molecule has 1 aromatic rings. The standard InChI is InChI=1S/C13H18ClNO/c1-4-10(3)11-6-5-9(2)7-12(11)15-13(16)8-14/h5-7,10H,4,8H2,1-3H3,(H,15,16). The van der Waals surface area contributed by atoms with Crippen LogP contribution < -0.4 is 5.32 Å². The summed E-state index contributed by atoms with van der Waals surface area (Å²) in [5.41, 5.74) is 3.20. The van der Waals surface area contributed by atoms with Crippen molar-refractivity contribution in [1.82, 2.24) is 0 Å². The molecule has 1 rings (SSSR count). The van der Waals surface area contributed by atoms with Gasteiger partial charge >= 0.3 is 0 Å². The van der Waals surface area contributed by atoms with Gasteiger partial charge in [0.2, 0.25) is 5.91 Å². The molecule has 1 aromatic carbocycles. The van der Waals surface area contributed by atoms with E-state index in [0.717, 1.165) is 17.7 Å². The highest BCUT2D eigenvalue weighted by molar-refractivity contribution is 6.29. The molecule has 0 aliphatic heterocycles. The monoisotopic (exact) mass is 239 g/mol. The van der Waals surface area contributed by atoms with E-state index >= 15 is 0 Å². The van der Waals surface area contributed by atoms with Gasteiger partial charge in [-0.15, -0.1) is 11.6 Å². The van der Waals surface area contributed by atoms with Crippen LogP contribution in [0.15, 0.2) is 18.2 Å². The molecule has 16 heavy (non-hydrogen) atoms. The smallest absolute Gasteiger partial charge is 0.239 e. The van der Waals surface area contributed by atoms with Crippen molar-refractivity contribution in [3.63, 3.8) is 0 Å². The molecule has 0 radical (unpaired) electrons. The van der Waals surface area contributed by atoms with Crippen molar-refractivity contribution in [3.05, 3.63) is 29.3 Å². The number of carbonyl (C=O) groups excluding carboxylic acids is 1. The largest absolute Gasteiger partial charge is 0.325 e. The van der Waals surface area contributed by atoms with Gasteiger partial charge in [0.05, 0.1) is 0 Å². The Kier molecular flexibility index (Phi) is 4.81. The number of alkyl halides is 1. The van der Waals surface area contributed by atoms with Crippen LogP contribution in [0.3, 0.4) is 0 Å². The summed E-state index contributed by atoms with van der Waals surface area (Å²) in [5.74, 6) is 0.275. The van der Waals surface area contributed by atoms with Crippen molar-refractivity contribution in [1.29, 1.82) is 0 Å². The van der Waals surface area contributed by atoms with E-state index in [2.05, 4.69) is 31.3 Å². The summed E-state index contributed by atoms with van der Waals surface area (Å²) in [6, 6.07) is 6.14. The lowest BCUT2D eigenvalue weighted by Gasteiger charge is -2.16.